The van der Waals surface area contributed by atoms with Gasteiger partial charge >= 0.3 is 5.97 Å². The van der Waals surface area contributed by atoms with E-state index >= 15 is 0 Å². The van der Waals surface area contributed by atoms with E-state index < -0.39 is 24.0 Å². The van der Waals surface area contributed by atoms with Gasteiger partial charge in [0.05, 0.1) is 6.04 Å². The maximum Gasteiger partial charge on any atom is 0.326 e. The molecule has 5 heteroatoms. The Kier molecular flexibility index (Phi) is 6.03. The van der Waals surface area contributed by atoms with Crippen molar-refractivity contribution in [2.75, 3.05) is 0 Å². The number of nitrogens with two attached hydrogens (primary N) is 1. The van der Waals surface area contributed by atoms with Crippen LogP contribution < -0.4 is 11.1 Å². The highest BCUT2D eigenvalue weighted by molar-refractivity contribution is 5.86. The Balaban J connectivity index is 4.35. The minimum atomic E-state index is -1.03. The number of aliphatic carboxylic acids is 1. The summed E-state index contributed by atoms with van der Waals surface area (Å²) in [4.78, 5) is 22.5. The van der Waals surface area contributed by atoms with Crippen molar-refractivity contribution in [3.8, 4) is 0 Å². The lowest BCUT2D eigenvalue weighted by atomic mass is 10.0. The average Bonchev–Trinajstić information content (AvgIpc) is 2.11. The summed E-state index contributed by atoms with van der Waals surface area (Å²) in [5, 5.41) is 11.4. The van der Waals surface area contributed by atoms with Gasteiger partial charge in [-0.2, -0.15) is 0 Å². The number of carboxylic acids is 1. The summed E-state index contributed by atoms with van der Waals surface area (Å²) < 4.78 is 0. The molecule has 0 spiro atoms. The van der Waals surface area contributed by atoms with Gasteiger partial charge in [0.15, 0.2) is 0 Å². The molecule has 94 valence electrons. The Morgan fingerprint density at radius 3 is 2.06 bits per heavy atom. The van der Waals surface area contributed by atoms with E-state index in [1.54, 1.807) is 13.8 Å². The van der Waals surface area contributed by atoms with Crippen molar-refractivity contribution in [3.05, 3.63) is 0 Å². The predicted molar refractivity (Wildman–Crippen MR) is 61.8 cm³/mol. The second-order valence-electron chi connectivity index (χ2n) is 4.80. The first-order valence-corrected chi connectivity index (χ1v) is 5.54. The van der Waals surface area contributed by atoms with E-state index in [0.29, 0.717) is 12.3 Å². The van der Waals surface area contributed by atoms with Gasteiger partial charge in [-0.15, -0.1) is 0 Å². The minimum Gasteiger partial charge on any atom is -0.480 e. The number of hydrogen-bond donors (Lipinski definition) is 3. The maximum absolute atomic E-state index is 11.6. The van der Waals surface area contributed by atoms with Gasteiger partial charge < -0.3 is 16.2 Å². The number of hydrogen-bond acceptors (Lipinski definition) is 3. The Morgan fingerprint density at radius 2 is 1.75 bits per heavy atom. The fourth-order valence-electron chi connectivity index (χ4n) is 1.39. The van der Waals surface area contributed by atoms with Gasteiger partial charge in [-0.3, -0.25) is 4.79 Å². The highest BCUT2D eigenvalue weighted by atomic mass is 16.4. The summed E-state index contributed by atoms with van der Waals surface area (Å²) in [5.41, 5.74) is 5.66. The molecule has 0 heterocycles. The van der Waals surface area contributed by atoms with Crippen LogP contribution in [-0.4, -0.2) is 29.1 Å². The summed E-state index contributed by atoms with van der Waals surface area (Å²) in [5.74, 6) is -1.27. The van der Waals surface area contributed by atoms with Crippen LogP contribution in [0.1, 0.15) is 34.1 Å². The van der Waals surface area contributed by atoms with Crippen molar-refractivity contribution < 1.29 is 14.7 Å². The lowest BCUT2D eigenvalue weighted by Gasteiger charge is -2.21. The second-order valence-corrected chi connectivity index (χ2v) is 4.80. The molecule has 4 N–H and O–H groups in total. The topological polar surface area (TPSA) is 92.4 Å². The summed E-state index contributed by atoms with van der Waals surface area (Å²) >= 11 is 0. The molecule has 0 bridgehead atoms. The van der Waals surface area contributed by atoms with Crippen LogP contribution in [0.25, 0.3) is 0 Å². The molecule has 0 saturated heterocycles. The maximum atomic E-state index is 11.6. The van der Waals surface area contributed by atoms with Gasteiger partial charge in [-0.05, 0) is 18.3 Å². The number of carbonyl (C=O) groups excluding carboxylic acids is 1. The molecule has 0 saturated carbocycles. The summed E-state index contributed by atoms with van der Waals surface area (Å²) in [6, 6.07) is -1.51. The molecule has 2 atom stereocenters. The third-order valence-electron chi connectivity index (χ3n) is 2.29. The van der Waals surface area contributed by atoms with E-state index in [9.17, 15) is 9.59 Å². The van der Waals surface area contributed by atoms with E-state index in [2.05, 4.69) is 5.32 Å². The predicted octanol–water partition coefficient (Wildman–Crippen LogP) is 0.585. The van der Waals surface area contributed by atoms with E-state index in [-0.39, 0.29) is 5.92 Å². The standard InChI is InChI=1S/C11H22N2O3/c1-6(2)5-8(12)10(14)13-9(7(3)4)11(15)16/h6-9H,5,12H2,1-4H3,(H,13,14)(H,15,16). The highest BCUT2D eigenvalue weighted by Crippen LogP contribution is 2.05. The second kappa shape index (κ2) is 6.48. The van der Waals surface area contributed by atoms with Crippen LogP contribution in [0, 0.1) is 11.8 Å². The van der Waals surface area contributed by atoms with Crippen molar-refractivity contribution in [2.45, 2.75) is 46.2 Å². The van der Waals surface area contributed by atoms with Gasteiger partial charge in [0.2, 0.25) is 5.91 Å². The van der Waals surface area contributed by atoms with Gasteiger partial charge in [0.25, 0.3) is 0 Å². The van der Waals surface area contributed by atoms with Crippen LogP contribution in [0.2, 0.25) is 0 Å². The SMILES string of the molecule is CC(C)CC(N)C(=O)NC(C(=O)O)C(C)C. The molecule has 0 radical (unpaired) electrons. The molecular formula is C11H22N2O3. The number of carboxylic acid groups (broad SMARTS) is 1. The van der Waals surface area contributed by atoms with Gasteiger partial charge in [-0.25, -0.2) is 4.79 Å². The quantitative estimate of drug-likeness (QED) is 0.622. The molecule has 1 amide bonds. The monoisotopic (exact) mass is 230 g/mol. The van der Waals surface area contributed by atoms with Crippen molar-refractivity contribution in [1.29, 1.82) is 0 Å². The average molecular weight is 230 g/mol. The third kappa shape index (κ3) is 5.11. The van der Waals surface area contributed by atoms with E-state index in [1.807, 2.05) is 13.8 Å². The molecule has 0 aliphatic heterocycles. The van der Waals surface area contributed by atoms with Crippen LogP contribution >= 0.6 is 0 Å². The molecule has 2 unspecified atom stereocenters. The van der Waals surface area contributed by atoms with Gasteiger partial charge in [-0.1, -0.05) is 27.7 Å². The van der Waals surface area contributed by atoms with Crippen molar-refractivity contribution in [1.82, 2.24) is 5.32 Å². The number of rotatable bonds is 6. The van der Waals surface area contributed by atoms with Crippen LogP contribution in [0.3, 0.4) is 0 Å². The summed E-state index contributed by atoms with van der Waals surface area (Å²) in [6.45, 7) is 7.41. The zero-order chi connectivity index (χ0) is 12.9. The fraction of sp³-hybridized carbons (Fsp3) is 0.818. The van der Waals surface area contributed by atoms with Gasteiger partial charge in [0.1, 0.15) is 6.04 Å². The summed E-state index contributed by atoms with van der Waals surface area (Å²) in [6.07, 6.45) is 0.552. The highest BCUT2D eigenvalue weighted by Gasteiger charge is 2.25. The Hall–Kier alpha value is -1.10. The number of nitrogens with one attached hydrogen (secondary N) is 1. The lowest BCUT2D eigenvalue weighted by molar-refractivity contribution is -0.143. The number of amides is 1. The van der Waals surface area contributed by atoms with Gasteiger partial charge in [0, 0.05) is 0 Å². The normalized spacial score (nSPS) is 14.9. The van der Waals surface area contributed by atoms with Crippen molar-refractivity contribution in [2.24, 2.45) is 17.6 Å². The molecule has 0 aliphatic carbocycles. The fourth-order valence-corrected chi connectivity index (χ4v) is 1.39. The molecule has 0 fully saturated rings. The summed E-state index contributed by atoms with van der Waals surface area (Å²) in [7, 11) is 0. The zero-order valence-corrected chi connectivity index (χ0v) is 10.4. The van der Waals surface area contributed by atoms with Crippen molar-refractivity contribution >= 4 is 11.9 Å². The zero-order valence-electron chi connectivity index (χ0n) is 10.4. The first kappa shape index (κ1) is 14.9. The number of carbonyl (C=O) groups is 2. The first-order valence-electron chi connectivity index (χ1n) is 5.54. The largest absolute Gasteiger partial charge is 0.480 e. The molecule has 0 aliphatic rings. The minimum absolute atomic E-state index is 0.160. The molecule has 0 aromatic carbocycles. The van der Waals surface area contributed by atoms with Crippen LogP contribution in [0.4, 0.5) is 0 Å². The Labute approximate surface area is 96.4 Å². The molecule has 0 aromatic heterocycles. The molecule has 0 rings (SSSR count). The third-order valence-corrected chi connectivity index (χ3v) is 2.29. The Morgan fingerprint density at radius 1 is 1.25 bits per heavy atom. The molecule has 5 nitrogen and oxygen atoms in total. The van der Waals surface area contributed by atoms with Crippen LogP contribution in [-0.2, 0) is 9.59 Å². The smallest absolute Gasteiger partial charge is 0.326 e. The van der Waals surface area contributed by atoms with Crippen molar-refractivity contribution in [3.63, 3.8) is 0 Å². The first-order chi connectivity index (χ1) is 7.25. The molecule has 16 heavy (non-hydrogen) atoms. The molecule has 0 aromatic rings. The van der Waals surface area contributed by atoms with E-state index in [1.165, 1.54) is 0 Å². The van der Waals surface area contributed by atoms with E-state index in [0.717, 1.165) is 0 Å². The molecular weight excluding hydrogens is 208 g/mol. The van der Waals surface area contributed by atoms with Crippen LogP contribution in [0.5, 0.6) is 0 Å². The lowest BCUT2D eigenvalue weighted by Crippen LogP contribution is -2.50. The van der Waals surface area contributed by atoms with Crippen LogP contribution in [0.15, 0.2) is 0 Å². The Bertz CT molecular complexity index is 252. The van der Waals surface area contributed by atoms with E-state index in [4.69, 9.17) is 10.8 Å².